The van der Waals surface area contributed by atoms with Crippen LogP contribution >= 0.6 is 0 Å². The van der Waals surface area contributed by atoms with E-state index >= 15 is 0 Å². The van der Waals surface area contributed by atoms with Crippen molar-refractivity contribution in [2.75, 3.05) is 18.4 Å². The number of anilines is 2. The highest BCUT2D eigenvalue weighted by atomic mass is 16.1. The highest BCUT2D eigenvalue weighted by molar-refractivity contribution is 5.77. The molecule has 2 aliphatic rings. The second-order valence-corrected chi connectivity index (χ2v) is 8.45. The van der Waals surface area contributed by atoms with Crippen LogP contribution < -0.4 is 16.2 Å². The third-order valence-corrected chi connectivity index (χ3v) is 6.53. The number of fused-ring (bicyclic) bond motifs is 1. The lowest BCUT2D eigenvalue weighted by atomic mass is 10.1. The zero-order chi connectivity index (χ0) is 21.4. The number of nitrogens with one attached hydrogen (secondary N) is 2. The maximum Gasteiger partial charge on any atom is 0.270 e. The molecular weight excluding hydrogens is 392 g/mol. The van der Waals surface area contributed by atoms with Crippen LogP contribution in [0.25, 0.3) is 11.0 Å². The molecule has 0 aromatic carbocycles. The Labute approximate surface area is 180 Å². The third-order valence-electron chi connectivity index (χ3n) is 6.53. The van der Waals surface area contributed by atoms with Gasteiger partial charge in [-0.3, -0.25) is 14.0 Å². The van der Waals surface area contributed by atoms with E-state index in [-0.39, 0.29) is 17.2 Å². The van der Waals surface area contributed by atoms with Crippen LogP contribution in [0.5, 0.6) is 0 Å². The second-order valence-electron chi connectivity index (χ2n) is 8.45. The molecule has 160 valence electrons. The highest BCUT2D eigenvalue weighted by Crippen LogP contribution is 2.31. The molecule has 5 rings (SSSR count). The summed E-state index contributed by atoms with van der Waals surface area (Å²) in [6, 6.07) is 4.09. The molecule has 3 aromatic rings. The van der Waals surface area contributed by atoms with E-state index in [4.69, 9.17) is 4.98 Å². The Morgan fingerprint density at radius 2 is 1.94 bits per heavy atom. The lowest BCUT2D eigenvalue weighted by Crippen LogP contribution is -2.30. The maximum atomic E-state index is 12.9. The van der Waals surface area contributed by atoms with Gasteiger partial charge >= 0.3 is 0 Å². The number of hydrogen-bond donors (Lipinski definition) is 2. The molecule has 4 heterocycles. The van der Waals surface area contributed by atoms with E-state index in [9.17, 15) is 10.1 Å². The summed E-state index contributed by atoms with van der Waals surface area (Å²) in [7, 11) is 0. The van der Waals surface area contributed by atoms with Crippen LogP contribution in [0, 0.1) is 18.3 Å². The number of rotatable bonds is 4. The molecule has 0 radical (unpaired) electrons. The van der Waals surface area contributed by atoms with Gasteiger partial charge in [0.15, 0.2) is 0 Å². The monoisotopic (exact) mass is 418 g/mol. The molecule has 1 saturated carbocycles. The minimum Gasteiger partial charge on any atom is -0.321 e. The van der Waals surface area contributed by atoms with E-state index in [0.717, 1.165) is 63.0 Å². The quantitative estimate of drug-likeness (QED) is 0.669. The van der Waals surface area contributed by atoms with Crippen LogP contribution in [-0.2, 0) is 0 Å². The Hall–Kier alpha value is -3.25. The lowest BCUT2D eigenvalue weighted by Gasteiger charge is -2.24. The number of nitrogens with zero attached hydrogens (tertiary/aromatic N) is 6. The first-order valence-electron chi connectivity index (χ1n) is 11.0. The summed E-state index contributed by atoms with van der Waals surface area (Å²) in [4.78, 5) is 22.1. The molecule has 1 saturated heterocycles. The van der Waals surface area contributed by atoms with Gasteiger partial charge in [0, 0.05) is 17.6 Å². The Bertz CT molecular complexity index is 1210. The normalized spacial score (nSPS) is 17.8. The minimum absolute atomic E-state index is 0.0791. The summed E-state index contributed by atoms with van der Waals surface area (Å²) in [5.41, 5.74) is 2.37. The summed E-state index contributed by atoms with van der Waals surface area (Å²) in [6.07, 6.45) is 9.64. The van der Waals surface area contributed by atoms with Crippen LogP contribution in [0.15, 0.2) is 23.3 Å². The predicted molar refractivity (Wildman–Crippen MR) is 117 cm³/mol. The standard InChI is InChI=1S/C22H26N8O/c1-14-19(13-26-30(14)18-6-8-24-9-7-18)27-22-25-12-16-10-15(11-23)21(31)29(20(16)28-22)17-4-2-3-5-17/h10,12-13,17-18,24H,2-9H2,1H3,(H,25,27,28). The van der Waals surface area contributed by atoms with E-state index in [2.05, 4.69) is 25.4 Å². The van der Waals surface area contributed by atoms with Crippen molar-refractivity contribution in [1.29, 1.82) is 5.26 Å². The number of piperidine rings is 1. The molecule has 1 aliphatic heterocycles. The van der Waals surface area contributed by atoms with E-state index in [1.807, 2.05) is 19.2 Å². The first-order valence-corrected chi connectivity index (χ1v) is 11.0. The average Bonchev–Trinajstić information content (AvgIpc) is 3.44. The largest absolute Gasteiger partial charge is 0.321 e. The van der Waals surface area contributed by atoms with E-state index < -0.39 is 0 Å². The third kappa shape index (κ3) is 3.57. The summed E-state index contributed by atoms with van der Waals surface area (Å²) < 4.78 is 3.79. The predicted octanol–water partition coefficient (Wildman–Crippen LogP) is 2.95. The van der Waals surface area contributed by atoms with Crippen molar-refractivity contribution in [2.24, 2.45) is 0 Å². The smallest absolute Gasteiger partial charge is 0.270 e. The summed E-state index contributed by atoms with van der Waals surface area (Å²) >= 11 is 0. The molecule has 9 nitrogen and oxygen atoms in total. The number of pyridine rings is 1. The van der Waals surface area contributed by atoms with Gasteiger partial charge in [0.2, 0.25) is 5.95 Å². The van der Waals surface area contributed by atoms with E-state index in [1.54, 1.807) is 16.8 Å². The van der Waals surface area contributed by atoms with Crippen LogP contribution in [0.4, 0.5) is 11.6 Å². The first kappa shape index (κ1) is 19.7. The highest BCUT2D eigenvalue weighted by Gasteiger charge is 2.23. The van der Waals surface area contributed by atoms with Crippen LogP contribution in [0.1, 0.15) is 61.9 Å². The van der Waals surface area contributed by atoms with Gasteiger partial charge in [-0.15, -0.1) is 0 Å². The van der Waals surface area contributed by atoms with Gasteiger partial charge in [-0.05, 0) is 51.8 Å². The molecule has 0 bridgehead atoms. The molecule has 0 unspecified atom stereocenters. The molecule has 2 fully saturated rings. The van der Waals surface area contributed by atoms with Gasteiger partial charge in [0.05, 0.1) is 23.6 Å². The molecule has 2 N–H and O–H groups in total. The Balaban J connectivity index is 1.52. The summed E-state index contributed by atoms with van der Waals surface area (Å²) in [5.74, 6) is 0.427. The Morgan fingerprint density at radius 1 is 1.16 bits per heavy atom. The first-order chi connectivity index (χ1) is 15.2. The van der Waals surface area contributed by atoms with Crippen LogP contribution in [0.3, 0.4) is 0 Å². The van der Waals surface area contributed by atoms with E-state index in [0.29, 0.717) is 23.0 Å². The zero-order valence-electron chi connectivity index (χ0n) is 17.6. The minimum atomic E-state index is -0.263. The van der Waals surface area contributed by atoms with Gasteiger partial charge in [-0.2, -0.15) is 15.3 Å². The van der Waals surface area contributed by atoms with Crippen LogP contribution in [0.2, 0.25) is 0 Å². The SMILES string of the molecule is Cc1c(Nc2ncc3cc(C#N)c(=O)n(C4CCCC4)c3n2)cnn1C1CCNCC1. The Kier molecular flexibility index (Phi) is 5.16. The van der Waals surface area contributed by atoms with Crippen molar-refractivity contribution in [1.82, 2.24) is 29.6 Å². The van der Waals surface area contributed by atoms with E-state index in [1.165, 1.54) is 0 Å². The second kappa shape index (κ2) is 8.12. The van der Waals surface area contributed by atoms with Gasteiger partial charge in [-0.1, -0.05) is 12.8 Å². The van der Waals surface area contributed by atoms with Crippen LogP contribution in [-0.4, -0.2) is 37.4 Å². The van der Waals surface area contributed by atoms with Crippen molar-refractivity contribution >= 4 is 22.7 Å². The van der Waals surface area contributed by atoms with Gasteiger partial charge in [-0.25, -0.2) is 4.98 Å². The fourth-order valence-electron chi connectivity index (χ4n) is 4.85. The molecule has 31 heavy (non-hydrogen) atoms. The molecular formula is C22H26N8O. The van der Waals surface area contributed by atoms with Gasteiger partial charge in [0.25, 0.3) is 5.56 Å². The lowest BCUT2D eigenvalue weighted by molar-refractivity contribution is 0.338. The van der Waals surface area contributed by atoms with Crippen molar-refractivity contribution in [3.05, 3.63) is 40.1 Å². The van der Waals surface area contributed by atoms with Gasteiger partial charge in [0.1, 0.15) is 17.3 Å². The Morgan fingerprint density at radius 3 is 2.68 bits per heavy atom. The fraction of sp³-hybridized carbons (Fsp3) is 0.500. The van der Waals surface area contributed by atoms with Gasteiger partial charge < -0.3 is 10.6 Å². The zero-order valence-corrected chi connectivity index (χ0v) is 17.6. The molecule has 0 spiro atoms. The number of aromatic nitrogens is 5. The van der Waals surface area contributed by atoms with Crippen molar-refractivity contribution < 1.29 is 0 Å². The maximum absolute atomic E-state index is 12.9. The van der Waals surface area contributed by atoms with Crippen molar-refractivity contribution in [3.8, 4) is 6.07 Å². The topological polar surface area (TPSA) is 113 Å². The number of nitriles is 1. The van der Waals surface area contributed by atoms with Crippen molar-refractivity contribution in [3.63, 3.8) is 0 Å². The van der Waals surface area contributed by atoms with Crippen molar-refractivity contribution in [2.45, 2.75) is 57.5 Å². The summed E-state index contributed by atoms with van der Waals surface area (Å²) in [6.45, 7) is 4.06. The number of hydrogen-bond acceptors (Lipinski definition) is 7. The molecule has 9 heteroatoms. The molecule has 1 aliphatic carbocycles. The molecule has 3 aromatic heterocycles. The molecule has 0 atom stereocenters. The average molecular weight is 419 g/mol. The fourth-order valence-corrected chi connectivity index (χ4v) is 4.85. The molecule has 0 amide bonds. The summed E-state index contributed by atoms with van der Waals surface area (Å²) in [5, 5.41) is 21.4.